The van der Waals surface area contributed by atoms with E-state index >= 15 is 0 Å². The standard InChI is InChI=1S/C30H52N2O4/c1-5-9-13-20-31(21-14-10-6-2)25-35-29(33)27-18-17-19-28(24-27)30(34)36-26-32(22-15-11-7-3)23-16-12-8-4/h17-19,24H,5-16,20-23,25-26H2,1-4H3. The number of nitrogens with zero attached hydrogens (tertiary/aromatic N) is 2. The molecule has 0 unspecified atom stereocenters. The predicted octanol–water partition coefficient (Wildman–Crippen LogP) is 7.28. The van der Waals surface area contributed by atoms with Crippen molar-refractivity contribution in [2.45, 2.75) is 105 Å². The van der Waals surface area contributed by atoms with Crippen molar-refractivity contribution in [1.82, 2.24) is 9.80 Å². The molecule has 1 aromatic carbocycles. The van der Waals surface area contributed by atoms with Crippen molar-refractivity contribution in [3.8, 4) is 0 Å². The molecule has 0 spiro atoms. The van der Waals surface area contributed by atoms with E-state index in [4.69, 9.17) is 9.47 Å². The lowest BCUT2D eigenvalue weighted by molar-refractivity contribution is 0.0205. The first kappa shape index (κ1) is 32.1. The van der Waals surface area contributed by atoms with Gasteiger partial charge in [-0.3, -0.25) is 9.80 Å². The molecule has 0 aliphatic heterocycles. The second-order valence-corrected chi connectivity index (χ2v) is 9.77. The van der Waals surface area contributed by atoms with E-state index in [1.54, 1.807) is 24.3 Å². The Morgan fingerprint density at radius 3 is 1.22 bits per heavy atom. The van der Waals surface area contributed by atoms with Gasteiger partial charge >= 0.3 is 11.9 Å². The van der Waals surface area contributed by atoms with E-state index in [1.165, 1.54) is 51.4 Å². The number of carbonyl (C=O) groups is 2. The zero-order valence-electron chi connectivity index (χ0n) is 23.6. The molecule has 0 aromatic heterocycles. The first-order valence-electron chi connectivity index (χ1n) is 14.4. The molecule has 36 heavy (non-hydrogen) atoms. The van der Waals surface area contributed by atoms with Crippen molar-refractivity contribution < 1.29 is 19.1 Å². The van der Waals surface area contributed by atoms with Gasteiger partial charge in [-0.05, 0) is 43.9 Å². The molecule has 0 saturated heterocycles. The molecular weight excluding hydrogens is 452 g/mol. The molecule has 1 aromatic rings. The van der Waals surface area contributed by atoms with Gasteiger partial charge in [0.2, 0.25) is 0 Å². The topological polar surface area (TPSA) is 59.1 Å². The molecule has 0 heterocycles. The molecule has 0 N–H and O–H groups in total. The highest BCUT2D eigenvalue weighted by atomic mass is 16.5. The summed E-state index contributed by atoms with van der Waals surface area (Å²) in [5.41, 5.74) is 0.767. The average Bonchev–Trinajstić information content (AvgIpc) is 2.89. The van der Waals surface area contributed by atoms with Crippen molar-refractivity contribution in [3.05, 3.63) is 35.4 Å². The summed E-state index contributed by atoms with van der Waals surface area (Å²) in [6.07, 6.45) is 13.8. The third-order valence-electron chi connectivity index (χ3n) is 6.40. The fraction of sp³-hybridized carbons (Fsp3) is 0.733. The number of unbranched alkanes of at least 4 members (excludes halogenated alkanes) is 8. The highest BCUT2D eigenvalue weighted by molar-refractivity contribution is 5.95. The molecule has 1 rings (SSSR count). The minimum atomic E-state index is -0.401. The van der Waals surface area contributed by atoms with Crippen LogP contribution in [0.5, 0.6) is 0 Å². The van der Waals surface area contributed by atoms with Gasteiger partial charge in [0.05, 0.1) is 11.1 Å². The highest BCUT2D eigenvalue weighted by Crippen LogP contribution is 2.11. The molecule has 206 valence electrons. The molecule has 0 radical (unpaired) electrons. The van der Waals surface area contributed by atoms with Crippen molar-refractivity contribution in [2.75, 3.05) is 39.6 Å². The number of carbonyl (C=O) groups excluding carboxylic acids is 2. The molecule has 0 saturated carbocycles. The number of esters is 2. The third-order valence-corrected chi connectivity index (χ3v) is 6.40. The summed E-state index contributed by atoms with van der Waals surface area (Å²) >= 11 is 0. The number of benzene rings is 1. The van der Waals surface area contributed by atoms with Gasteiger partial charge in [-0.15, -0.1) is 0 Å². The quantitative estimate of drug-likeness (QED) is 0.0939. The summed E-state index contributed by atoms with van der Waals surface area (Å²) in [7, 11) is 0. The molecule has 0 bridgehead atoms. The van der Waals surface area contributed by atoms with Crippen LogP contribution in [0.2, 0.25) is 0 Å². The summed E-state index contributed by atoms with van der Waals surface area (Å²) < 4.78 is 11.2. The third kappa shape index (κ3) is 14.6. The first-order chi connectivity index (χ1) is 17.5. The van der Waals surface area contributed by atoms with E-state index in [1.807, 2.05) is 0 Å². The van der Waals surface area contributed by atoms with Gasteiger partial charge in [0, 0.05) is 26.2 Å². The van der Waals surface area contributed by atoms with Crippen molar-refractivity contribution in [3.63, 3.8) is 0 Å². The van der Waals surface area contributed by atoms with Gasteiger partial charge in [0.25, 0.3) is 0 Å². The molecule has 0 fully saturated rings. The van der Waals surface area contributed by atoms with Crippen LogP contribution in [0.25, 0.3) is 0 Å². The van der Waals surface area contributed by atoms with Crippen LogP contribution in [-0.2, 0) is 9.47 Å². The van der Waals surface area contributed by atoms with Gasteiger partial charge in [-0.1, -0.05) is 85.1 Å². The normalized spacial score (nSPS) is 11.3. The molecule has 0 atom stereocenters. The van der Waals surface area contributed by atoms with Gasteiger partial charge in [0.15, 0.2) is 0 Å². The predicted molar refractivity (Wildman–Crippen MR) is 148 cm³/mol. The first-order valence-corrected chi connectivity index (χ1v) is 14.4. The van der Waals surface area contributed by atoms with Crippen molar-refractivity contribution in [2.24, 2.45) is 0 Å². The van der Waals surface area contributed by atoms with E-state index in [-0.39, 0.29) is 13.5 Å². The summed E-state index contributed by atoms with van der Waals surface area (Å²) in [5, 5.41) is 0. The molecular formula is C30H52N2O4. The van der Waals surface area contributed by atoms with E-state index < -0.39 is 11.9 Å². The van der Waals surface area contributed by atoms with E-state index in [9.17, 15) is 9.59 Å². The lowest BCUT2D eigenvalue weighted by atomic mass is 10.1. The maximum Gasteiger partial charge on any atom is 0.339 e. The molecule has 0 amide bonds. The van der Waals surface area contributed by atoms with Crippen LogP contribution < -0.4 is 0 Å². The van der Waals surface area contributed by atoms with Crippen molar-refractivity contribution >= 4 is 11.9 Å². The van der Waals surface area contributed by atoms with Crippen LogP contribution in [-0.4, -0.2) is 61.4 Å². The lowest BCUT2D eigenvalue weighted by Crippen LogP contribution is -2.30. The van der Waals surface area contributed by atoms with Crippen LogP contribution >= 0.6 is 0 Å². The van der Waals surface area contributed by atoms with E-state index in [0.717, 1.165) is 51.9 Å². The minimum absolute atomic E-state index is 0.283. The second kappa shape index (κ2) is 21.2. The fourth-order valence-electron chi connectivity index (χ4n) is 4.06. The summed E-state index contributed by atoms with van der Waals surface area (Å²) in [5.74, 6) is -0.803. The van der Waals surface area contributed by atoms with Crippen LogP contribution in [0.4, 0.5) is 0 Å². The molecule has 6 nitrogen and oxygen atoms in total. The summed E-state index contributed by atoms with van der Waals surface area (Å²) in [4.78, 5) is 29.9. The smallest absolute Gasteiger partial charge is 0.339 e. The summed E-state index contributed by atoms with van der Waals surface area (Å²) in [6, 6.07) is 6.69. The van der Waals surface area contributed by atoms with E-state index in [0.29, 0.717) is 11.1 Å². The number of hydrogen-bond donors (Lipinski definition) is 0. The van der Waals surface area contributed by atoms with Gasteiger partial charge in [-0.2, -0.15) is 0 Å². The summed E-state index contributed by atoms with van der Waals surface area (Å²) in [6.45, 7) is 13.1. The van der Waals surface area contributed by atoms with Crippen LogP contribution in [0.3, 0.4) is 0 Å². The lowest BCUT2D eigenvalue weighted by Gasteiger charge is -2.22. The van der Waals surface area contributed by atoms with Crippen LogP contribution in [0.15, 0.2) is 24.3 Å². The number of ether oxygens (including phenoxy) is 2. The molecule has 0 aliphatic carbocycles. The largest absolute Gasteiger partial charge is 0.446 e. The average molecular weight is 505 g/mol. The van der Waals surface area contributed by atoms with Gasteiger partial charge in [0.1, 0.15) is 13.5 Å². The van der Waals surface area contributed by atoms with Crippen LogP contribution in [0, 0.1) is 0 Å². The van der Waals surface area contributed by atoms with E-state index in [2.05, 4.69) is 37.5 Å². The Balaban J connectivity index is 2.64. The Labute approximate surface area is 220 Å². The fourth-order valence-corrected chi connectivity index (χ4v) is 4.06. The van der Waals surface area contributed by atoms with Crippen LogP contribution in [0.1, 0.15) is 125 Å². The maximum atomic E-state index is 12.7. The second-order valence-electron chi connectivity index (χ2n) is 9.77. The Kier molecular flexibility index (Phi) is 18.9. The monoisotopic (exact) mass is 504 g/mol. The molecule has 6 heteroatoms. The number of hydrogen-bond acceptors (Lipinski definition) is 6. The van der Waals surface area contributed by atoms with Crippen molar-refractivity contribution in [1.29, 1.82) is 0 Å². The maximum absolute atomic E-state index is 12.7. The Morgan fingerprint density at radius 1 is 0.583 bits per heavy atom. The number of rotatable bonds is 22. The zero-order chi connectivity index (χ0) is 26.4. The Morgan fingerprint density at radius 2 is 0.917 bits per heavy atom. The Bertz CT molecular complexity index is 635. The molecule has 0 aliphatic rings. The zero-order valence-corrected chi connectivity index (χ0v) is 23.6. The van der Waals surface area contributed by atoms with Gasteiger partial charge < -0.3 is 9.47 Å². The highest BCUT2D eigenvalue weighted by Gasteiger charge is 2.15. The Hall–Kier alpha value is -1.92. The minimum Gasteiger partial charge on any atom is -0.446 e. The SMILES string of the molecule is CCCCCN(CCCCC)COC(=O)c1cccc(C(=O)OCN(CCCCC)CCCCC)c1. The van der Waals surface area contributed by atoms with Gasteiger partial charge in [-0.25, -0.2) is 9.59 Å².